The molecular formula is C20H23N3O2S. The summed E-state index contributed by atoms with van der Waals surface area (Å²) >= 11 is 1.26. The number of aromatic amines is 1. The number of rotatable bonds is 5. The SMILES string of the molecule is Cc1cc(C(=O)CSc2nnc(-c3ccc(C(C)(C)C)cc3)o2)c(C)[nH]1. The number of carbonyl (C=O) groups is 1. The number of nitrogens with one attached hydrogen (secondary N) is 1. The summed E-state index contributed by atoms with van der Waals surface area (Å²) < 4.78 is 5.70. The van der Waals surface area contributed by atoms with Gasteiger partial charge in [0, 0.05) is 22.5 Å². The lowest BCUT2D eigenvalue weighted by molar-refractivity contribution is 0.102. The summed E-state index contributed by atoms with van der Waals surface area (Å²) in [5, 5.41) is 8.54. The summed E-state index contributed by atoms with van der Waals surface area (Å²) in [6.45, 7) is 10.4. The van der Waals surface area contributed by atoms with E-state index in [1.54, 1.807) is 0 Å². The zero-order valence-corrected chi connectivity index (χ0v) is 16.5. The number of aryl methyl sites for hydroxylation is 2. The number of benzene rings is 1. The van der Waals surface area contributed by atoms with E-state index >= 15 is 0 Å². The fraction of sp³-hybridized carbons (Fsp3) is 0.350. The zero-order chi connectivity index (χ0) is 18.9. The second kappa shape index (κ2) is 7.11. The van der Waals surface area contributed by atoms with Crippen LogP contribution < -0.4 is 0 Å². The Morgan fingerprint density at radius 3 is 2.42 bits per heavy atom. The Balaban J connectivity index is 1.66. The second-order valence-corrected chi connectivity index (χ2v) is 8.33. The van der Waals surface area contributed by atoms with E-state index in [1.165, 1.54) is 17.3 Å². The zero-order valence-electron chi connectivity index (χ0n) is 15.7. The minimum Gasteiger partial charge on any atom is -0.411 e. The quantitative estimate of drug-likeness (QED) is 0.509. The molecule has 3 aromatic rings. The molecule has 0 amide bonds. The molecule has 0 fully saturated rings. The predicted molar refractivity (Wildman–Crippen MR) is 104 cm³/mol. The third-order valence-electron chi connectivity index (χ3n) is 4.18. The molecule has 0 aliphatic rings. The molecule has 1 aromatic carbocycles. The minimum atomic E-state index is 0.0473. The number of hydrogen-bond donors (Lipinski definition) is 1. The monoisotopic (exact) mass is 369 g/mol. The summed E-state index contributed by atoms with van der Waals surface area (Å²) in [6, 6.07) is 9.99. The molecule has 1 N–H and O–H groups in total. The maximum Gasteiger partial charge on any atom is 0.277 e. The van der Waals surface area contributed by atoms with Crippen molar-refractivity contribution in [2.75, 3.05) is 5.75 Å². The largest absolute Gasteiger partial charge is 0.411 e. The van der Waals surface area contributed by atoms with E-state index in [0.717, 1.165) is 17.0 Å². The van der Waals surface area contributed by atoms with Crippen LogP contribution in [0.5, 0.6) is 0 Å². The van der Waals surface area contributed by atoms with Gasteiger partial charge in [0.05, 0.1) is 5.75 Å². The van der Waals surface area contributed by atoms with E-state index in [9.17, 15) is 4.79 Å². The van der Waals surface area contributed by atoms with Crippen molar-refractivity contribution in [3.8, 4) is 11.5 Å². The number of nitrogens with zero attached hydrogens (tertiary/aromatic N) is 2. The van der Waals surface area contributed by atoms with Crippen molar-refractivity contribution >= 4 is 17.5 Å². The van der Waals surface area contributed by atoms with Gasteiger partial charge in [-0.15, -0.1) is 10.2 Å². The molecule has 0 atom stereocenters. The van der Waals surface area contributed by atoms with Gasteiger partial charge in [0.2, 0.25) is 5.89 Å². The number of ketones is 1. The first-order chi connectivity index (χ1) is 12.2. The molecule has 3 rings (SSSR count). The molecule has 0 spiro atoms. The van der Waals surface area contributed by atoms with Crippen LogP contribution in [0.4, 0.5) is 0 Å². The maximum absolute atomic E-state index is 12.3. The molecule has 2 aromatic heterocycles. The lowest BCUT2D eigenvalue weighted by Crippen LogP contribution is -2.10. The molecule has 0 saturated heterocycles. The van der Waals surface area contributed by atoms with Crippen LogP contribution in [0.3, 0.4) is 0 Å². The average molecular weight is 369 g/mol. The maximum atomic E-state index is 12.3. The Bertz CT molecular complexity index is 917. The van der Waals surface area contributed by atoms with Crippen LogP contribution in [0.25, 0.3) is 11.5 Å². The molecule has 2 heterocycles. The summed E-state index contributed by atoms with van der Waals surface area (Å²) in [4.78, 5) is 15.5. The van der Waals surface area contributed by atoms with Gasteiger partial charge in [-0.3, -0.25) is 4.79 Å². The number of H-pyrrole nitrogens is 1. The van der Waals surface area contributed by atoms with E-state index in [-0.39, 0.29) is 17.0 Å². The fourth-order valence-corrected chi connectivity index (χ4v) is 3.36. The molecule has 136 valence electrons. The number of hydrogen-bond acceptors (Lipinski definition) is 5. The molecule has 0 unspecified atom stereocenters. The van der Waals surface area contributed by atoms with Gasteiger partial charge in [-0.05, 0) is 43.0 Å². The van der Waals surface area contributed by atoms with Crippen molar-refractivity contribution in [2.45, 2.75) is 45.3 Å². The Morgan fingerprint density at radius 2 is 1.85 bits per heavy atom. The summed E-state index contributed by atoms with van der Waals surface area (Å²) in [5.74, 6) is 0.781. The number of carbonyl (C=O) groups excluding carboxylic acids is 1. The average Bonchev–Trinajstić information content (AvgIpc) is 3.18. The molecule has 0 aliphatic heterocycles. The Hall–Kier alpha value is -2.34. The highest BCUT2D eigenvalue weighted by Crippen LogP contribution is 2.27. The molecule has 0 aliphatic carbocycles. The predicted octanol–water partition coefficient (Wildman–Crippen LogP) is 4.95. The van der Waals surface area contributed by atoms with E-state index in [0.29, 0.717) is 16.7 Å². The van der Waals surface area contributed by atoms with Crippen molar-refractivity contribution in [1.82, 2.24) is 15.2 Å². The van der Waals surface area contributed by atoms with Gasteiger partial charge in [-0.1, -0.05) is 44.7 Å². The summed E-state index contributed by atoms with van der Waals surface area (Å²) in [6.07, 6.45) is 0. The molecule has 0 bridgehead atoms. The minimum absolute atomic E-state index is 0.0473. The standard InChI is InChI=1S/C20H23N3O2S/c1-12-10-16(13(2)21-12)17(24)11-26-19-23-22-18(25-19)14-6-8-15(9-7-14)20(3,4)5/h6-10,21H,11H2,1-5H3. The Labute approximate surface area is 157 Å². The third kappa shape index (κ3) is 4.07. The second-order valence-electron chi connectivity index (χ2n) is 7.40. The van der Waals surface area contributed by atoms with Crippen molar-refractivity contribution in [1.29, 1.82) is 0 Å². The van der Waals surface area contributed by atoms with Crippen LogP contribution in [0.15, 0.2) is 40.0 Å². The highest BCUT2D eigenvalue weighted by molar-refractivity contribution is 7.99. The van der Waals surface area contributed by atoms with Gasteiger partial charge in [0.1, 0.15) is 0 Å². The molecule has 0 radical (unpaired) electrons. The first-order valence-corrected chi connectivity index (χ1v) is 9.49. The molecule has 26 heavy (non-hydrogen) atoms. The third-order valence-corrected chi connectivity index (χ3v) is 5.00. The number of Topliss-reactive ketones (excluding diaryl/α,β-unsaturated/α-hetero) is 1. The van der Waals surface area contributed by atoms with Crippen LogP contribution in [-0.4, -0.2) is 26.7 Å². The van der Waals surface area contributed by atoms with Gasteiger partial charge in [-0.2, -0.15) is 0 Å². The van der Waals surface area contributed by atoms with Gasteiger partial charge >= 0.3 is 0 Å². The fourth-order valence-electron chi connectivity index (χ4n) is 2.72. The van der Waals surface area contributed by atoms with Crippen LogP contribution in [-0.2, 0) is 5.41 Å². The van der Waals surface area contributed by atoms with Crippen molar-refractivity contribution in [2.24, 2.45) is 0 Å². The van der Waals surface area contributed by atoms with Gasteiger partial charge < -0.3 is 9.40 Å². The Morgan fingerprint density at radius 1 is 1.15 bits per heavy atom. The molecule has 6 heteroatoms. The molecule has 0 saturated carbocycles. The highest BCUT2D eigenvalue weighted by Gasteiger charge is 2.16. The van der Waals surface area contributed by atoms with Crippen LogP contribution in [0.1, 0.15) is 48.1 Å². The lowest BCUT2D eigenvalue weighted by Gasteiger charge is -2.18. The topological polar surface area (TPSA) is 71.8 Å². The highest BCUT2D eigenvalue weighted by atomic mass is 32.2. The smallest absolute Gasteiger partial charge is 0.277 e. The molecule has 5 nitrogen and oxygen atoms in total. The Kier molecular flexibility index (Phi) is 5.05. The summed E-state index contributed by atoms with van der Waals surface area (Å²) in [7, 11) is 0. The van der Waals surface area contributed by atoms with E-state index in [4.69, 9.17) is 4.42 Å². The van der Waals surface area contributed by atoms with Crippen molar-refractivity contribution in [3.63, 3.8) is 0 Å². The number of thioether (sulfide) groups is 1. The van der Waals surface area contributed by atoms with Crippen molar-refractivity contribution < 1.29 is 9.21 Å². The normalized spacial score (nSPS) is 11.7. The molecular weight excluding hydrogens is 346 g/mol. The number of aromatic nitrogens is 3. The van der Waals surface area contributed by atoms with E-state index in [2.05, 4.69) is 48.1 Å². The van der Waals surface area contributed by atoms with Gasteiger partial charge in [0.15, 0.2) is 5.78 Å². The summed E-state index contributed by atoms with van der Waals surface area (Å²) in [5.41, 5.74) is 4.81. The van der Waals surface area contributed by atoms with Gasteiger partial charge in [0.25, 0.3) is 5.22 Å². The van der Waals surface area contributed by atoms with E-state index in [1.807, 2.05) is 32.0 Å². The van der Waals surface area contributed by atoms with Crippen LogP contribution >= 0.6 is 11.8 Å². The first-order valence-electron chi connectivity index (χ1n) is 8.50. The van der Waals surface area contributed by atoms with Crippen molar-refractivity contribution in [3.05, 3.63) is 52.8 Å². The lowest BCUT2D eigenvalue weighted by atomic mass is 9.87. The van der Waals surface area contributed by atoms with Crippen LogP contribution in [0, 0.1) is 13.8 Å². The van der Waals surface area contributed by atoms with E-state index < -0.39 is 0 Å². The van der Waals surface area contributed by atoms with Gasteiger partial charge in [-0.25, -0.2) is 0 Å². The first kappa shape index (κ1) is 18.5. The van der Waals surface area contributed by atoms with Crippen LogP contribution in [0.2, 0.25) is 0 Å².